The van der Waals surface area contributed by atoms with Gasteiger partial charge in [0.15, 0.2) is 0 Å². The van der Waals surface area contributed by atoms with Crippen LogP contribution in [0.5, 0.6) is 0 Å². The van der Waals surface area contributed by atoms with Crippen molar-refractivity contribution in [1.29, 1.82) is 0 Å². The molecule has 28 heavy (non-hydrogen) atoms. The Labute approximate surface area is 161 Å². The maximum Gasteiger partial charge on any atom is 0.415 e. The van der Waals surface area contributed by atoms with Gasteiger partial charge >= 0.3 is 12.1 Å². The molecular weight excluding hydrogens is 364 g/mol. The minimum Gasteiger partial charge on any atom is -0.480 e. The number of hydrogen-bond acceptors (Lipinski definition) is 4. The lowest BCUT2D eigenvalue weighted by molar-refractivity contribution is -0.141. The van der Waals surface area contributed by atoms with Crippen LogP contribution in [0.3, 0.4) is 0 Å². The summed E-state index contributed by atoms with van der Waals surface area (Å²) >= 11 is 0. The second kappa shape index (κ2) is 9.31. The first kappa shape index (κ1) is 20.6. The van der Waals surface area contributed by atoms with Crippen LogP contribution >= 0.6 is 0 Å². The Morgan fingerprint density at radius 1 is 0.929 bits per heavy atom. The zero-order valence-corrected chi connectivity index (χ0v) is 15.1. The first-order valence-electron chi connectivity index (χ1n) is 8.50. The summed E-state index contributed by atoms with van der Waals surface area (Å²) in [7, 11) is 0. The molecule has 0 saturated heterocycles. The number of hydrogen-bond donors (Lipinski definition) is 3. The highest BCUT2D eigenvalue weighted by molar-refractivity contribution is 6.06. The molecule has 8 heteroatoms. The second-order valence-electron chi connectivity index (χ2n) is 6.10. The van der Waals surface area contributed by atoms with Crippen molar-refractivity contribution < 1.29 is 29.4 Å². The first-order valence-corrected chi connectivity index (χ1v) is 8.50. The van der Waals surface area contributed by atoms with Crippen molar-refractivity contribution in [3.8, 4) is 0 Å². The standard InChI is InChI=1S/C20H20N2O6/c1-13(19(25)26)21-17(23)16(12-14-8-4-2-5-9-14)22(20(27)28)18(24)15-10-6-3-7-11-15/h2-11,13,16H,12H2,1H3,(H,21,23)(H,25,26)(H,27,28)/t13-,16-/m0/s1. The summed E-state index contributed by atoms with van der Waals surface area (Å²) in [5.41, 5.74) is 0.722. The van der Waals surface area contributed by atoms with E-state index in [2.05, 4.69) is 5.32 Å². The van der Waals surface area contributed by atoms with Gasteiger partial charge in [-0.3, -0.25) is 14.4 Å². The smallest absolute Gasteiger partial charge is 0.415 e. The number of carboxylic acid groups (broad SMARTS) is 2. The molecule has 0 spiro atoms. The third-order valence-electron chi connectivity index (χ3n) is 4.06. The van der Waals surface area contributed by atoms with Crippen LogP contribution < -0.4 is 5.32 Å². The van der Waals surface area contributed by atoms with E-state index in [0.29, 0.717) is 10.5 Å². The molecule has 2 rings (SSSR count). The average Bonchev–Trinajstić information content (AvgIpc) is 2.68. The van der Waals surface area contributed by atoms with Crippen molar-refractivity contribution in [3.63, 3.8) is 0 Å². The van der Waals surface area contributed by atoms with Gasteiger partial charge in [-0.2, -0.15) is 0 Å². The van der Waals surface area contributed by atoms with E-state index in [1.165, 1.54) is 19.1 Å². The lowest BCUT2D eigenvalue weighted by Gasteiger charge is -2.28. The molecule has 2 atom stereocenters. The van der Waals surface area contributed by atoms with E-state index in [9.17, 15) is 24.3 Å². The van der Waals surface area contributed by atoms with Crippen molar-refractivity contribution in [2.24, 2.45) is 0 Å². The largest absolute Gasteiger partial charge is 0.480 e. The summed E-state index contributed by atoms with van der Waals surface area (Å²) in [6, 6.07) is 13.6. The number of amides is 3. The van der Waals surface area contributed by atoms with Crippen molar-refractivity contribution in [2.75, 3.05) is 0 Å². The monoisotopic (exact) mass is 384 g/mol. The number of nitrogens with zero attached hydrogens (tertiary/aromatic N) is 1. The molecule has 8 nitrogen and oxygen atoms in total. The van der Waals surface area contributed by atoms with Crippen LogP contribution in [0.15, 0.2) is 60.7 Å². The van der Waals surface area contributed by atoms with Crippen molar-refractivity contribution >= 4 is 23.9 Å². The average molecular weight is 384 g/mol. The quantitative estimate of drug-likeness (QED) is 0.671. The molecule has 2 aromatic rings. The number of imide groups is 1. The number of carbonyl (C=O) groups is 4. The third kappa shape index (κ3) is 5.16. The van der Waals surface area contributed by atoms with Crippen molar-refractivity contribution in [3.05, 3.63) is 71.8 Å². The molecule has 3 amide bonds. The lowest BCUT2D eigenvalue weighted by atomic mass is 10.0. The Bertz CT molecular complexity index is 854. The molecule has 0 aliphatic carbocycles. The summed E-state index contributed by atoms with van der Waals surface area (Å²) in [5, 5.41) is 20.9. The van der Waals surface area contributed by atoms with Crippen LogP contribution in [0.1, 0.15) is 22.8 Å². The normalized spacial score (nSPS) is 12.5. The molecule has 0 bridgehead atoms. The van der Waals surface area contributed by atoms with E-state index in [-0.39, 0.29) is 12.0 Å². The first-order chi connectivity index (χ1) is 13.3. The van der Waals surface area contributed by atoms with Crippen molar-refractivity contribution in [1.82, 2.24) is 10.2 Å². The Morgan fingerprint density at radius 2 is 1.46 bits per heavy atom. The Morgan fingerprint density at radius 3 is 1.96 bits per heavy atom. The zero-order chi connectivity index (χ0) is 20.7. The van der Waals surface area contributed by atoms with Gasteiger partial charge in [0.25, 0.3) is 5.91 Å². The molecule has 0 aliphatic rings. The molecule has 2 aromatic carbocycles. The fourth-order valence-electron chi connectivity index (χ4n) is 2.59. The van der Waals surface area contributed by atoms with Crippen LogP contribution in [0.4, 0.5) is 4.79 Å². The van der Waals surface area contributed by atoms with Crippen LogP contribution in [0, 0.1) is 0 Å². The van der Waals surface area contributed by atoms with Crippen LogP contribution in [-0.4, -0.2) is 51.1 Å². The van der Waals surface area contributed by atoms with Crippen LogP contribution in [-0.2, 0) is 16.0 Å². The molecule has 0 aliphatic heterocycles. The van der Waals surface area contributed by atoms with Crippen molar-refractivity contribution in [2.45, 2.75) is 25.4 Å². The Balaban J connectivity index is 2.40. The van der Waals surface area contributed by atoms with Crippen LogP contribution in [0.25, 0.3) is 0 Å². The molecule has 0 aromatic heterocycles. The summed E-state index contributed by atoms with van der Waals surface area (Å²) in [5.74, 6) is -3.01. The predicted molar refractivity (Wildman–Crippen MR) is 99.8 cm³/mol. The van der Waals surface area contributed by atoms with Gasteiger partial charge in [0, 0.05) is 12.0 Å². The molecule has 0 fully saturated rings. The Kier molecular flexibility index (Phi) is 6.86. The van der Waals surface area contributed by atoms with Gasteiger partial charge in [0.05, 0.1) is 0 Å². The minimum atomic E-state index is -1.60. The Hall–Kier alpha value is -3.68. The second-order valence-corrected chi connectivity index (χ2v) is 6.10. The molecule has 0 saturated carbocycles. The van der Waals surface area contributed by atoms with E-state index in [4.69, 9.17) is 5.11 Å². The van der Waals surface area contributed by atoms with Gasteiger partial charge in [0.2, 0.25) is 5.91 Å². The maximum absolute atomic E-state index is 12.8. The van der Waals surface area contributed by atoms with Gasteiger partial charge in [-0.15, -0.1) is 0 Å². The van der Waals surface area contributed by atoms with Gasteiger partial charge in [0.1, 0.15) is 12.1 Å². The number of carbonyl (C=O) groups excluding carboxylic acids is 2. The summed E-state index contributed by atoms with van der Waals surface area (Å²) in [6.45, 7) is 1.25. The summed E-state index contributed by atoms with van der Waals surface area (Å²) in [4.78, 5) is 48.9. The highest BCUT2D eigenvalue weighted by Gasteiger charge is 2.36. The van der Waals surface area contributed by atoms with E-state index >= 15 is 0 Å². The highest BCUT2D eigenvalue weighted by atomic mass is 16.4. The van der Waals surface area contributed by atoms with E-state index in [1.54, 1.807) is 48.5 Å². The molecule has 0 heterocycles. The summed E-state index contributed by atoms with van der Waals surface area (Å²) in [6.07, 6.45) is -1.70. The number of rotatable bonds is 7. The fourth-order valence-corrected chi connectivity index (χ4v) is 2.59. The molecule has 3 N–H and O–H groups in total. The number of benzene rings is 2. The lowest BCUT2D eigenvalue weighted by Crippen LogP contribution is -2.55. The van der Waals surface area contributed by atoms with Gasteiger partial charge in [-0.1, -0.05) is 48.5 Å². The predicted octanol–water partition coefficient (Wildman–Crippen LogP) is 2.01. The molecule has 0 unspecified atom stereocenters. The fraction of sp³-hybridized carbons (Fsp3) is 0.200. The van der Waals surface area contributed by atoms with E-state index in [0.717, 1.165) is 0 Å². The minimum absolute atomic E-state index is 0.0934. The number of aliphatic carboxylic acids is 1. The molecule has 146 valence electrons. The van der Waals surface area contributed by atoms with E-state index in [1.807, 2.05) is 0 Å². The molecular formula is C20H20N2O6. The zero-order valence-electron chi connectivity index (χ0n) is 15.1. The molecule has 0 radical (unpaired) electrons. The number of nitrogens with one attached hydrogen (secondary N) is 1. The van der Waals surface area contributed by atoms with E-state index < -0.39 is 36.0 Å². The topological polar surface area (TPSA) is 124 Å². The van der Waals surface area contributed by atoms with Gasteiger partial charge in [-0.05, 0) is 24.6 Å². The van der Waals surface area contributed by atoms with Gasteiger partial charge in [-0.25, -0.2) is 9.69 Å². The SMILES string of the molecule is C[C@H](NC(=O)[C@H](Cc1ccccc1)N(C(=O)O)C(=O)c1ccccc1)C(=O)O. The highest BCUT2D eigenvalue weighted by Crippen LogP contribution is 2.15. The van der Waals surface area contributed by atoms with Gasteiger partial charge < -0.3 is 15.5 Å². The van der Waals surface area contributed by atoms with Crippen LogP contribution in [0.2, 0.25) is 0 Å². The summed E-state index contributed by atoms with van der Waals surface area (Å²) < 4.78 is 0. The maximum atomic E-state index is 12.8. The third-order valence-corrected chi connectivity index (χ3v) is 4.06. The number of carboxylic acids is 1.